The molecule has 3 rings (SSSR count). The van der Waals surface area contributed by atoms with E-state index < -0.39 is 0 Å². The maximum atomic E-state index is 6.04. The molecule has 0 saturated carbocycles. The molecule has 0 bridgehead atoms. The van der Waals surface area contributed by atoms with Gasteiger partial charge >= 0.3 is 0 Å². The Kier molecular flexibility index (Phi) is 3.31. The van der Waals surface area contributed by atoms with E-state index in [9.17, 15) is 0 Å². The van der Waals surface area contributed by atoms with E-state index in [1.807, 2.05) is 37.5 Å². The van der Waals surface area contributed by atoms with Gasteiger partial charge in [0.1, 0.15) is 0 Å². The van der Waals surface area contributed by atoms with Gasteiger partial charge in [-0.3, -0.25) is 9.67 Å². The van der Waals surface area contributed by atoms with E-state index in [1.54, 1.807) is 10.9 Å². The molecule has 0 atom stereocenters. The largest absolute Gasteiger partial charge is 0.396 e. The first-order chi connectivity index (χ1) is 9.63. The van der Waals surface area contributed by atoms with Crippen molar-refractivity contribution in [2.45, 2.75) is 6.54 Å². The predicted octanol–water partition coefficient (Wildman–Crippen LogP) is 2.93. The molecule has 0 fully saturated rings. The van der Waals surface area contributed by atoms with Crippen molar-refractivity contribution in [1.29, 1.82) is 0 Å². The van der Waals surface area contributed by atoms with Crippen molar-refractivity contribution in [2.24, 2.45) is 7.05 Å². The number of fused-ring (bicyclic) bond motifs is 1. The van der Waals surface area contributed by atoms with Crippen molar-refractivity contribution in [3.05, 3.63) is 46.8 Å². The van der Waals surface area contributed by atoms with Crippen LogP contribution in [-0.4, -0.2) is 14.8 Å². The second-order valence-corrected chi connectivity index (χ2v) is 5.50. The molecule has 3 N–H and O–H groups in total. The van der Waals surface area contributed by atoms with Crippen LogP contribution >= 0.6 is 15.9 Å². The van der Waals surface area contributed by atoms with Gasteiger partial charge in [0, 0.05) is 23.1 Å². The fourth-order valence-electron chi connectivity index (χ4n) is 2.11. The molecule has 20 heavy (non-hydrogen) atoms. The zero-order valence-electron chi connectivity index (χ0n) is 11.0. The number of hydrogen-bond acceptors (Lipinski definition) is 4. The van der Waals surface area contributed by atoms with Gasteiger partial charge in [0.15, 0.2) is 0 Å². The lowest BCUT2D eigenvalue weighted by molar-refractivity contribution is 0.747. The first kappa shape index (κ1) is 12.9. The Morgan fingerprint density at radius 3 is 2.95 bits per heavy atom. The highest BCUT2D eigenvalue weighted by molar-refractivity contribution is 9.10. The summed E-state index contributed by atoms with van der Waals surface area (Å²) in [5.74, 6) is 0. The third-order valence-corrected chi connectivity index (χ3v) is 3.57. The van der Waals surface area contributed by atoms with Crippen LogP contribution in [0, 0.1) is 0 Å². The van der Waals surface area contributed by atoms with Crippen LogP contribution < -0.4 is 11.1 Å². The Bertz CT molecular complexity index is 760. The van der Waals surface area contributed by atoms with Crippen molar-refractivity contribution in [1.82, 2.24) is 14.8 Å². The molecule has 0 aliphatic rings. The maximum absolute atomic E-state index is 6.04. The van der Waals surface area contributed by atoms with Crippen molar-refractivity contribution < 1.29 is 0 Å². The highest BCUT2D eigenvalue weighted by atomic mass is 79.9. The number of nitrogens with one attached hydrogen (secondary N) is 1. The highest BCUT2D eigenvalue weighted by Crippen LogP contribution is 2.30. The topological polar surface area (TPSA) is 68.8 Å². The molecule has 6 heteroatoms. The smallest absolute Gasteiger partial charge is 0.0815 e. The summed E-state index contributed by atoms with van der Waals surface area (Å²) < 4.78 is 2.78. The van der Waals surface area contributed by atoms with E-state index in [-0.39, 0.29) is 0 Å². The molecule has 0 aliphatic heterocycles. The van der Waals surface area contributed by atoms with Crippen molar-refractivity contribution in [2.75, 3.05) is 11.1 Å². The molecule has 5 nitrogen and oxygen atoms in total. The van der Waals surface area contributed by atoms with Crippen LogP contribution in [0.4, 0.5) is 11.4 Å². The summed E-state index contributed by atoms with van der Waals surface area (Å²) in [6.07, 6.45) is 3.60. The number of rotatable bonds is 3. The first-order valence-corrected chi connectivity index (χ1v) is 6.99. The molecule has 0 unspecified atom stereocenters. The Balaban J connectivity index is 1.97. The average Bonchev–Trinajstić information content (AvgIpc) is 2.83. The minimum absolute atomic E-state index is 0.622. The Hall–Kier alpha value is -2.08. The Morgan fingerprint density at radius 1 is 1.35 bits per heavy atom. The van der Waals surface area contributed by atoms with Crippen molar-refractivity contribution in [3.63, 3.8) is 0 Å². The Morgan fingerprint density at radius 2 is 2.20 bits per heavy atom. The highest BCUT2D eigenvalue weighted by Gasteiger charge is 2.08. The van der Waals surface area contributed by atoms with Gasteiger partial charge in [0.05, 0.1) is 35.3 Å². The number of aromatic nitrogens is 3. The third-order valence-electron chi connectivity index (χ3n) is 3.07. The quantitative estimate of drug-likeness (QED) is 0.774. The van der Waals surface area contributed by atoms with Crippen molar-refractivity contribution in [3.8, 4) is 0 Å². The lowest BCUT2D eigenvalue weighted by Gasteiger charge is -2.11. The number of hydrogen-bond donors (Lipinski definition) is 2. The van der Waals surface area contributed by atoms with E-state index in [0.717, 1.165) is 26.8 Å². The van der Waals surface area contributed by atoms with Crippen LogP contribution in [0.3, 0.4) is 0 Å². The molecule has 0 spiro atoms. The van der Waals surface area contributed by atoms with E-state index in [2.05, 4.69) is 31.3 Å². The SMILES string of the molecule is Cn1ccc(CNc2c(N)cnc3ccc(Br)cc23)n1. The van der Waals surface area contributed by atoms with Gasteiger partial charge < -0.3 is 11.1 Å². The van der Waals surface area contributed by atoms with Crippen LogP contribution in [0.15, 0.2) is 41.1 Å². The summed E-state index contributed by atoms with van der Waals surface area (Å²) >= 11 is 3.48. The van der Waals surface area contributed by atoms with Gasteiger partial charge in [-0.05, 0) is 24.3 Å². The molecule has 102 valence electrons. The molecule has 0 radical (unpaired) electrons. The normalized spacial score (nSPS) is 10.9. The molecule has 1 aromatic carbocycles. The maximum Gasteiger partial charge on any atom is 0.0815 e. The van der Waals surface area contributed by atoms with Gasteiger partial charge in [-0.25, -0.2) is 0 Å². The zero-order valence-corrected chi connectivity index (χ0v) is 12.6. The molecular formula is C14H14BrN5. The van der Waals surface area contributed by atoms with Gasteiger partial charge in [-0.1, -0.05) is 15.9 Å². The van der Waals surface area contributed by atoms with E-state index in [0.29, 0.717) is 12.2 Å². The lowest BCUT2D eigenvalue weighted by Crippen LogP contribution is -2.05. The molecule has 2 aromatic heterocycles. The predicted molar refractivity (Wildman–Crippen MR) is 84.4 cm³/mol. The van der Waals surface area contributed by atoms with E-state index in [4.69, 9.17) is 5.73 Å². The lowest BCUT2D eigenvalue weighted by atomic mass is 10.1. The Labute approximate surface area is 124 Å². The number of aryl methyl sites for hydroxylation is 1. The molecular weight excluding hydrogens is 318 g/mol. The van der Waals surface area contributed by atoms with Gasteiger partial charge in [-0.15, -0.1) is 0 Å². The minimum atomic E-state index is 0.622. The number of benzene rings is 1. The molecule has 0 amide bonds. The van der Waals surface area contributed by atoms with Crippen LogP contribution in [0.1, 0.15) is 5.69 Å². The molecule has 0 aliphatic carbocycles. The second-order valence-electron chi connectivity index (χ2n) is 4.58. The average molecular weight is 332 g/mol. The summed E-state index contributed by atoms with van der Waals surface area (Å²) in [5.41, 5.74) is 9.43. The number of nitrogens with two attached hydrogens (primary N) is 1. The monoisotopic (exact) mass is 331 g/mol. The number of pyridine rings is 1. The van der Waals surface area contributed by atoms with Gasteiger partial charge in [0.2, 0.25) is 0 Å². The van der Waals surface area contributed by atoms with E-state index in [1.165, 1.54) is 0 Å². The van der Waals surface area contributed by atoms with Crippen LogP contribution in [0.25, 0.3) is 10.9 Å². The fourth-order valence-corrected chi connectivity index (χ4v) is 2.47. The van der Waals surface area contributed by atoms with Gasteiger partial charge in [-0.2, -0.15) is 5.10 Å². The molecule has 2 heterocycles. The number of halogens is 1. The number of nitrogen functional groups attached to an aromatic ring is 1. The third kappa shape index (κ3) is 2.46. The van der Waals surface area contributed by atoms with Gasteiger partial charge in [0.25, 0.3) is 0 Å². The number of nitrogens with zero attached hydrogens (tertiary/aromatic N) is 3. The standard InChI is InChI=1S/C14H14BrN5/c1-20-5-4-10(19-20)7-18-14-11-6-9(15)2-3-13(11)17-8-12(14)16/h2-6,8H,7,16H2,1H3,(H,17,18). The summed E-state index contributed by atoms with van der Waals surface area (Å²) in [5, 5.41) is 8.69. The van der Waals surface area contributed by atoms with Crippen LogP contribution in [0.5, 0.6) is 0 Å². The summed E-state index contributed by atoms with van der Waals surface area (Å²) in [7, 11) is 1.90. The number of anilines is 2. The summed E-state index contributed by atoms with van der Waals surface area (Å²) in [6, 6.07) is 7.92. The van der Waals surface area contributed by atoms with E-state index >= 15 is 0 Å². The zero-order chi connectivity index (χ0) is 14.1. The van der Waals surface area contributed by atoms with Crippen LogP contribution in [-0.2, 0) is 13.6 Å². The summed E-state index contributed by atoms with van der Waals surface area (Å²) in [4.78, 5) is 4.34. The first-order valence-electron chi connectivity index (χ1n) is 6.19. The molecule has 0 saturated heterocycles. The van der Waals surface area contributed by atoms with Crippen molar-refractivity contribution >= 4 is 38.2 Å². The minimum Gasteiger partial charge on any atom is -0.396 e. The van der Waals surface area contributed by atoms with Crippen LogP contribution in [0.2, 0.25) is 0 Å². The second kappa shape index (κ2) is 5.13. The molecule has 3 aromatic rings. The summed E-state index contributed by atoms with van der Waals surface area (Å²) in [6.45, 7) is 0.622. The fraction of sp³-hybridized carbons (Fsp3) is 0.143.